The molecule has 6 nitrogen and oxygen atoms in total. The van der Waals surface area contributed by atoms with Crippen molar-refractivity contribution in [1.82, 2.24) is 9.80 Å². The van der Waals surface area contributed by atoms with Crippen LogP contribution in [-0.4, -0.2) is 80.6 Å². The predicted molar refractivity (Wildman–Crippen MR) is 113 cm³/mol. The largest absolute Gasteiger partial charge is 0.376 e. The summed E-state index contributed by atoms with van der Waals surface area (Å²) in [4.78, 5) is 17.1. The fourth-order valence-corrected chi connectivity index (χ4v) is 6.27. The lowest BCUT2D eigenvalue weighted by molar-refractivity contribution is -0.136. The maximum Gasteiger partial charge on any atom is 0.237 e. The van der Waals surface area contributed by atoms with Crippen molar-refractivity contribution < 1.29 is 17.9 Å². The van der Waals surface area contributed by atoms with E-state index in [2.05, 4.69) is 23.1 Å². The molecular formula is C22H30N2O4S. The standard InChI is InChI=1S/C22H30N2O4S/c25-22(16-23-11-8-19(9-12-23)18-5-2-1-3-6-18)24(15-21-7-4-13-28-21)20-10-14-29(26,27)17-20/h1-3,5-6,8,20-21H,4,7,9-17H2/t20-,21-/m1/s1. The van der Waals surface area contributed by atoms with Crippen LogP contribution in [0, 0.1) is 0 Å². The van der Waals surface area contributed by atoms with Crippen LogP contribution in [0.2, 0.25) is 0 Å². The van der Waals surface area contributed by atoms with Crippen molar-refractivity contribution in [3.8, 4) is 0 Å². The van der Waals surface area contributed by atoms with E-state index in [-0.39, 0.29) is 29.6 Å². The Morgan fingerprint density at radius 3 is 2.66 bits per heavy atom. The molecule has 0 radical (unpaired) electrons. The third-order valence-corrected chi connectivity index (χ3v) is 7.94. The van der Waals surface area contributed by atoms with Crippen LogP contribution in [0.25, 0.3) is 5.57 Å². The maximum absolute atomic E-state index is 13.2. The van der Waals surface area contributed by atoms with E-state index in [4.69, 9.17) is 4.74 Å². The average molecular weight is 419 g/mol. The summed E-state index contributed by atoms with van der Waals surface area (Å²) >= 11 is 0. The highest BCUT2D eigenvalue weighted by Crippen LogP contribution is 2.24. The number of sulfone groups is 1. The van der Waals surface area contributed by atoms with Gasteiger partial charge in [-0.15, -0.1) is 0 Å². The van der Waals surface area contributed by atoms with Crippen molar-refractivity contribution in [1.29, 1.82) is 0 Å². The van der Waals surface area contributed by atoms with Crippen LogP contribution < -0.4 is 0 Å². The summed E-state index contributed by atoms with van der Waals surface area (Å²) in [6, 6.07) is 10.1. The number of ether oxygens (including phenoxy) is 1. The van der Waals surface area contributed by atoms with Crippen molar-refractivity contribution in [3.05, 3.63) is 42.0 Å². The monoisotopic (exact) mass is 418 g/mol. The summed E-state index contributed by atoms with van der Waals surface area (Å²) < 4.78 is 29.7. The second-order valence-electron chi connectivity index (χ2n) is 8.32. The summed E-state index contributed by atoms with van der Waals surface area (Å²) in [6.07, 6.45) is 5.65. The Labute approximate surface area is 173 Å². The topological polar surface area (TPSA) is 66.9 Å². The first-order valence-electron chi connectivity index (χ1n) is 10.6. The maximum atomic E-state index is 13.2. The first kappa shape index (κ1) is 20.6. The molecule has 0 saturated carbocycles. The van der Waals surface area contributed by atoms with E-state index in [0.717, 1.165) is 39.0 Å². The molecule has 2 atom stereocenters. The SMILES string of the molecule is O=C(CN1CC=C(c2ccccc2)CC1)N(C[C@H]1CCCO1)[C@@H]1CCS(=O)(=O)C1. The number of rotatable bonds is 6. The Morgan fingerprint density at radius 2 is 2.03 bits per heavy atom. The number of nitrogens with zero attached hydrogens (tertiary/aromatic N) is 2. The lowest BCUT2D eigenvalue weighted by Gasteiger charge is -2.33. The Balaban J connectivity index is 1.39. The van der Waals surface area contributed by atoms with E-state index in [9.17, 15) is 13.2 Å². The zero-order chi connectivity index (χ0) is 20.3. The molecule has 2 saturated heterocycles. The van der Waals surface area contributed by atoms with Gasteiger partial charge in [-0.25, -0.2) is 8.42 Å². The molecule has 3 aliphatic rings. The molecule has 2 fully saturated rings. The van der Waals surface area contributed by atoms with Crippen molar-refractivity contribution >= 4 is 21.3 Å². The number of carbonyl (C=O) groups is 1. The lowest BCUT2D eigenvalue weighted by Crippen LogP contribution is -2.49. The second-order valence-corrected chi connectivity index (χ2v) is 10.5. The molecule has 0 spiro atoms. The van der Waals surface area contributed by atoms with E-state index in [1.807, 2.05) is 18.2 Å². The van der Waals surface area contributed by atoms with Gasteiger partial charge in [0.2, 0.25) is 5.91 Å². The first-order valence-corrected chi connectivity index (χ1v) is 12.4. The predicted octanol–water partition coefficient (Wildman–Crippen LogP) is 1.97. The molecule has 29 heavy (non-hydrogen) atoms. The Bertz CT molecular complexity index is 847. The van der Waals surface area contributed by atoms with E-state index in [0.29, 0.717) is 19.5 Å². The normalized spacial score (nSPS) is 27.0. The van der Waals surface area contributed by atoms with Gasteiger partial charge in [0.05, 0.1) is 24.2 Å². The van der Waals surface area contributed by atoms with Crippen LogP contribution in [0.4, 0.5) is 0 Å². The smallest absolute Gasteiger partial charge is 0.237 e. The molecule has 0 aromatic heterocycles. The summed E-state index contributed by atoms with van der Waals surface area (Å²) in [5.74, 6) is 0.294. The average Bonchev–Trinajstić information content (AvgIpc) is 3.36. The summed E-state index contributed by atoms with van der Waals surface area (Å²) in [7, 11) is -3.04. The van der Waals surface area contributed by atoms with Crippen LogP contribution in [0.5, 0.6) is 0 Å². The molecule has 0 aliphatic carbocycles. The van der Waals surface area contributed by atoms with Gasteiger partial charge in [-0.2, -0.15) is 0 Å². The minimum Gasteiger partial charge on any atom is -0.376 e. The highest BCUT2D eigenvalue weighted by molar-refractivity contribution is 7.91. The van der Waals surface area contributed by atoms with Gasteiger partial charge in [-0.05, 0) is 36.8 Å². The Morgan fingerprint density at radius 1 is 1.21 bits per heavy atom. The molecule has 1 aromatic rings. The van der Waals surface area contributed by atoms with Gasteiger partial charge in [-0.3, -0.25) is 9.69 Å². The molecule has 3 aliphatic heterocycles. The number of hydrogen-bond donors (Lipinski definition) is 0. The van der Waals surface area contributed by atoms with Gasteiger partial charge in [-0.1, -0.05) is 36.4 Å². The number of hydrogen-bond acceptors (Lipinski definition) is 5. The number of benzene rings is 1. The fraction of sp³-hybridized carbons (Fsp3) is 0.591. The van der Waals surface area contributed by atoms with E-state index in [1.165, 1.54) is 11.1 Å². The molecule has 158 valence electrons. The summed E-state index contributed by atoms with van der Waals surface area (Å²) in [6.45, 7) is 3.16. The molecular weight excluding hydrogens is 388 g/mol. The Kier molecular flexibility index (Phi) is 6.37. The van der Waals surface area contributed by atoms with Gasteiger partial charge < -0.3 is 9.64 Å². The minimum atomic E-state index is -3.04. The second kappa shape index (κ2) is 8.98. The molecule has 0 N–H and O–H groups in total. The number of amides is 1. The molecule has 4 rings (SSSR count). The molecule has 0 bridgehead atoms. The van der Waals surface area contributed by atoms with Gasteiger partial charge in [0.1, 0.15) is 0 Å². The van der Waals surface area contributed by atoms with Gasteiger partial charge in [0.25, 0.3) is 0 Å². The van der Waals surface area contributed by atoms with E-state index >= 15 is 0 Å². The van der Waals surface area contributed by atoms with E-state index < -0.39 is 9.84 Å². The zero-order valence-corrected chi connectivity index (χ0v) is 17.6. The highest BCUT2D eigenvalue weighted by atomic mass is 32.2. The van der Waals surface area contributed by atoms with E-state index in [1.54, 1.807) is 4.90 Å². The summed E-state index contributed by atoms with van der Waals surface area (Å²) in [5, 5.41) is 0. The fourth-order valence-electron chi connectivity index (χ4n) is 4.53. The summed E-state index contributed by atoms with van der Waals surface area (Å²) in [5.41, 5.74) is 2.57. The quantitative estimate of drug-likeness (QED) is 0.707. The van der Waals surface area contributed by atoms with Crippen LogP contribution in [0.3, 0.4) is 0 Å². The third kappa shape index (κ3) is 5.27. The van der Waals surface area contributed by atoms with Crippen molar-refractivity contribution in [2.45, 2.75) is 37.8 Å². The van der Waals surface area contributed by atoms with Gasteiger partial charge >= 0.3 is 0 Å². The molecule has 0 unspecified atom stereocenters. The molecule has 1 amide bonds. The Hall–Kier alpha value is -1.70. The van der Waals surface area contributed by atoms with Crippen molar-refractivity contribution in [3.63, 3.8) is 0 Å². The van der Waals surface area contributed by atoms with Gasteiger partial charge in [0.15, 0.2) is 9.84 Å². The van der Waals surface area contributed by atoms with Gasteiger partial charge in [0, 0.05) is 32.3 Å². The first-order chi connectivity index (χ1) is 14.0. The third-order valence-electron chi connectivity index (χ3n) is 6.19. The number of carbonyl (C=O) groups excluding carboxylic acids is 1. The van der Waals surface area contributed by atoms with Crippen LogP contribution in [0.15, 0.2) is 36.4 Å². The molecule has 7 heteroatoms. The van der Waals surface area contributed by atoms with Crippen LogP contribution >= 0.6 is 0 Å². The highest BCUT2D eigenvalue weighted by Gasteiger charge is 2.36. The lowest BCUT2D eigenvalue weighted by atomic mass is 9.99. The van der Waals surface area contributed by atoms with Crippen molar-refractivity contribution in [2.24, 2.45) is 0 Å². The van der Waals surface area contributed by atoms with Crippen LogP contribution in [0.1, 0.15) is 31.2 Å². The van der Waals surface area contributed by atoms with Crippen LogP contribution in [-0.2, 0) is 19.4 Å². The molecule has 3 heterocycles. The van der Waals surface area contributed by atoms with Crippen molar-refractivity contribution in [2.75, 3.05) is 44.3 Å². The minimum absolute atomic E-state index is 0.0270. The molecule has 1 aromatic carbocycles. The zero-order valence-electron chi connectivity index (χ0n) is 16.8.